The van der Waals surface area contributed by atoms with Gasteiger partial charge in [0.1, 0.15) is 11.3 Å². The number of piperidine rings is 1. The maximum absolute atomic E-state index is 6.23. The molecule has 0 atom stereocenters. The average molecular weight is 385 g/mol. The average Bonchev–Trinajstić information content (AvgIpc) is 3.01. The third kappa shape index (κ3) is 3.57. The summed E-state index contributed by atoms with van der Waals surface area (Å²) in [5.41, 5.74) is 4.16. The Hall–Kier alpha value is -1.65. The van der Waals surface area contributed by atoms with Crippen LogP contribution in [0.4, 0.5) is 0 Å². The highest BCUT2D eigenvalue weighted by Crippen LogP contribution is 2.33. The summed E-state index contributed by atoms with van der Waals surface area (Å²) in [5, 5.41) is 5.34. The lowest BCUT2D eigenvalue weighted by atomic mass is 9.93. The molecule has 5 heteroatoms. The van der Waals surface area contributed by atoms with Gasteiger partial charge in [-0.15, -0.1) is 0 Å². The molecular weight excluding hydrogens is 356 g/mol. The number of fused-ring (bicyclic) bond motifs is 3. The van der Waals surface area contributed by atoms with Gasteiger partial charge in [-0.25, -0.2) is 4.98 Å². The predicted octanol–water partition coefficient (Wildman–Crippen LogP) is 5.23. The largest absolute Gasteiger partial charge is 0.327 e. The second kappa shape index (κ2) is 7.06. The molecule has 1 aliphatic rings. The van der Waals surface area contributed by atoms with Gasteiger partial charge >= 0.3 is 0 Å². The molecule has 1 aliphatic heterocycles. The Kier molecular flexibility index (Phi) is 4.89. The molecule has 0 spiro atoms. The number of hydrogen-bond donors (Lipinski definition) is 1. The third-order valence-electron chi connectivity index (χ3n) is 5.70. The normalized spacial score (nSPS) is 16.5. The molecule has 27 heavy (non-hydrogen) atoms. The number of nitrogens with zero attached hydrogens (tertiary/aromatic N) is 3. The van der Waals surface area contributed by atoms with E-state index in [0.29, 0.717) is 0 Å². The fraction of sp³-hybridized carbons (Fsp3) is 0.545. The molecule has 0 aliphatic carbocycles. The molecule has 0 saturated carbocycles. The van der Waals surface area contributed by atoms with Gasteiger partial charge < -0.3 is 9.88 Å². The van der Waals surface area contributed by atoms with Crippen LogP contribution in [-0.4, -0.2) is 27.6 Å². The van der Waals surface area contributed by atoms with E-state index in [1.54, 1.807) is 0 Å². The standard InChI is InChI=1S/C22H29ClN4/c1-14-19-20(17-6-5-16(23)13-18(17)25-14)27(21(26-19)22(2,3)4)12-9-15-7-10-24-11-8-15/h5-6,13,15,24H,7-12H2,1-4H3. The fourth-order valence-electron chi connectivity index (χ4n) is 4.28. The van der Waals surface area contributed by atoms with Crippen molar-refractivity contribution in [2.45, 2.75) is 58.9 Å². The maximum Gasteiger partial charge on any atom is 0.115 e. The first-order valence-electron chi connectivity index (χ1n) is 10.0. The zero-order chi connectivity index (χ0) is 19.2. The van der Waals surface area contributed by atoms with Crippen molar-refractivity contribution in [2.24, 2.45) is 5.92 Å². The second-order valence-electron chi connectivity index (χ2n) is 8.87. The van der Waals surface area contributed by atoms with Gasteiger partial charge in [0.25, 0.3) is 0 Å². The number of pyridine rings is 1. The van der Waals surface area contributed by atoms with Gasteiger partial charge in [0, 0.05) is 22.4 Å². The number of nitrogens with one attached hydrogen (secondary N) is 1. The van der Waals surface area contributed by atoms with Crippen LogP contribution in [0.25, 0.3) is 21.9 Å². The lowest BCUT2D eigenvalue weighted by molar-refractivity contribution is 0.334. The summed E-state index contributed by atoms with van der Waals surface area (Å²) >= 11 is 6.23. The maximum atomic E-state index is 6.23. The summed E-state index contributed by atoms with van der Waals surface area (Å²) in [6.07, 6.45) is 3.75. The lowest BCUT2D eigenvalue weighted by Gasteiger charge is -2.25. The quantitative estimate of drug-likeness (QED) is 0.672. The van der Waals surface area contributed by atoms with Crippen LogP contribution in [0.5, 0.6) is 0 Å². The number of aromatic nitrogens is 3. The Morgan fingerprint density at radius 3 is 2.63 bits per heavy atom. The molecule has 4 nitrogen and oxygen atoms in total. The molecule has 1 fully saturated rings. The molecule has 2 aromatic heterocycles. The van der Waals surface area contributed by atoms with Crippen molar-refractivity contribution in [3.8, 4) is 0 Å². The highest BCUT2D eigenvalue weighted by molar-refractivity contribution is 6.31. The summed E-state index contributed by atoms with van der Waals surface area (Å²) in [6.45, 7) is 12.1. The lowest BCUT2D eigenvalue weighted by Crippen LogP contribution is -2.28. The van der Waals surface area contributed by atoms with Crippen LogP contribution >= 0.6 is 11.6 Å². The first-order chi connectivity index (χ1) is 12.8. The van der Waals surface area contributed by atoms with E-state index in [1.165, 1.54) is 24.8 Å². The van der Waals surface area contributed by atoms with Gasteiger partial charge in [-0.3, -0.25) is 4.98 Å². The molecular formula is C22H29ClN4. The van der Waals surface area contributed by atoms with Crippen molar-refractivity contribution < 1.29 is 0 Å². The highest BCUT2D eigenvalue weighted by atomic mass is 35.5. The van der Waals surface area contributed by atoms with Gasteiger partial charge in [0.05, 0.1) is 16.7 Å². The van der Waals surface area contributed by atoms with E-state index in [2.05, 4.69) is 43.6 Å². The monoisotopic (exact) mass is 384 g/mol. The zero-order valence-corrected chi connectivity index (χ0v) is 17.5. The van der Waals surface area contributed by atoms with Crippen LogP contribution < -0.4 is 5.32 Å². The minimum Gasteiger partial charge on any atom is -0.327 e. The predicted molar refractivity (Wildman–Crippen MR) is 114 cm³/mol. The van der Waals surface area contributed by atoms with Crippen molar-refractivity contribution in [1.82, 2.24) is 19.9 Å². The van der Waals surface area contributed by atoms with Crippen molar-refractivity contribution >= 4 is 33.5 Å². The van der Waals surface area contributed by atoms with Crippen LogP contribution in [0.3, 0.4) is 0 Å². The smallest absolute Gasteiger partial charge is 0.115 e. The fourth-order valence-corrected chi connectivity index (χ4v) is 4.45. The van der Waals surface area contributed by atoms with Crippen LogP contribution in [0, 0.1) is 12.8 Å². The number of benzene rings is 1. The van der Waals surface area contributed by atoms with Crippen LogP contribution in [0.15, 0.2) is 18.2 Å². The van der Waals surface area contributed by atoms with Crippen LogP contribution in [-0.2, 0) is 12.0 Å². The summed E-state index contributed by atoms with van der Waals surface area (Å²) in [6, 6.07) is 6.02. The van der Waals surface area contributed by atoms with Crippen molar-refractivity contribution in [2.75, 3.05) is 13.1 Å². The molecule has 3 heterocycles. The zero-order valence-electron chi connectivity index (χ0n) is 16.8. The Bertz CT molecular complexity index is 978. The Balaban J connectivity index is 1.88. The molecule has 1 saturated heterocycles. The SMILES string of the molecule is Cc1nc2cc(Cl)ccc2c2c1nc(C(C)(C)C)n2CCC1CCNCC1. The van der Waals surface area contributed by atoms with Crippen LogP contribution in [0.1, 0.15) is 51.6 Å². The van der Waals surface area contributed by atoms with Gasteiger partial charge in [-0.1, -0.05) is 32.4 Å². The summed E-state index contributed by atoms with van der Waals surface area (Å²) < 4.78 is 2.46. The molecule has 0 amide bonds. The first-order valence-corrected chi connectivity index (χ1v) is 10.4. The Morgan fingerprint density at radius 2 is 1.93 bits per heavy atom. The Labute approximate surface area is 166 Å². The van der Waals surface area contributed by atoms with Crippen molar-refractivity contribution in [1.29, 1.82) is 0 Å². The van der Waals surface area contributed by atoms with E-state index in [4.69, 9.17) is 21.6 Å². The number of hydrogen-bond acceptors (Lipinski definition) is 3. The van der Waals surface area contributed by atoms with Gasteiger partial charge in [-0.2, -0.15) is 0 Å². The highest BCUT2D eigenvalue weighted by Gasteiger charge is 2.26. The number of aryl methyl sites for hydroxylation is 2. The molecule has 1 N–H and O–H groups in total. The van der Waals surface area contributed by atoms with Gasteiger partial charge in [-0.05, 0) is 63.4 Å². The third-order valence-corrected chi connectivity index (χ3v) is 5.94. The molecule has 144 valence electrons. The van der Waals surface area contributed by atoms with Crippen molar-refractivity contribution in [3.05, 3.63) is 34.7 Å². The molecule has 4 rings (SSSR count). The first kappa shape index (κ1) is 18.7. The molecule has 1 aromatic carbocycles. The molecule has 0 unspecified atom stereocenters. The number of rotatable bonds is 3. The molecule has 0 bridgehead atoms. The topological polar surface area (TPSA) is 42.7 Å². The minimum absolute atomic E-state index is 0.0155. The van der Waals surface area contributed by atoms with E-state index in [1.807, 2.05) is 12.1 Å². The van der Waals surface area contributed by atoms with Gasteiger partial charge in [0.15, 0.2) is 0 Å². The summed E-state index contributed by atoms with van der Waals surface area (Å²) in [5.74, 6) is 1.94. The van der Waals surface area contributed by atoms with Gasteiger partial charge in [0.2, 0.25) is 0 Å². The van der Waals surface area contributed by atoms with E-state index in [0.717, 1.165) is 58.5 Å². The summed E-state index contributed by atoms with van der Waals surface area (Å²) in [4.78, 5) is 9.86. The number of halogens is 1. The summed E-state index contributed by atoms with van der Waals surface area (Å²) in [7, 11) is 0. The molecule has 0 radical (unpaired) electrons. The van der Waals surface area contributed by atoms with E-state index in [-0.39, 0.29) is 5.41 Å². The van der Waals surface area contributed by atoms with E-state index in [9.17, 15) is 0 Å². The van der Waals surface area contributed by atoms with Crippen LogP contribution in [0.2, 0.25) is 5.02 Å². The Morgan fingerprint density at radius 1 is 1.19 bits per heavy atom. The van der Waals surface area contributed by atoms with Crippen molar-refractivity contribution in [3.63, 3.8) is 0 Å². The van der Waals surface area contributed by atoms with E-state index < -0.39 is 0 Å². The molecule has 3 aromatic rings. The minimum atomic E-state index is -0.0155. The van der Waals surface area contributed by atoms with E-state index >= 15 is 0 Å². The number of imidazole rings is 1. The second-order valence-corrected chi connectivity index (χ2v) is 9.31.